The van der Waals surface area contributed by atoms with E-state index in [-0.39, 0.29) is 0 Å². The molecule has 90 valence electrons. The average Bonchev–Trinajstić information content (AvgIpc) is 2.90. The normalized spacial score (nSPS) is 15.4. The highest BCUT2D eigenvalue weighted by atomic mass is 79.9. The van der Waals surface area contributed by atoms with Crippen LogP contribution in [0.1, 0.15) is 24.1 Å². The summed E-state index contributed by atoms with van der Waals surface area (Å²) < 4.78 is 3.04. The van der Waals surface area contributed by atoms with Gasteiger partial charge in [0, 0.05) is 12.6 Å². The molecule has 0 radical (unpaired) electrons. The minimum Gasteiger partial charge on any atom is -0.308 e. The van der Waals surface area contributed by atoms with Gasteiger partial charge in [-0.3, -0.25) is 0 Å². The van der Waals surface area contributed by atoms with Gasteiger partial charge in [0.25, 0.3) is 0 Å². The fraction of sp³-hybridized carbons (Fsp3) is 0.455. The Hall–Kier alpha value is -0.720. The van der Waals surface area contributed by atoms with E-state index < -0.39 is 0 Å². The molecule has 0 unspecified atom stereocenters. The van der Waals surface area contributed by atoms with E-state index in [0.717, 1.165) is 22.6 Å². The second-order valence-corrected chi connectivity index (χ2v) is 6.61. The molecule has 2 aromatic rings. The maximum atomic E-state index is 4.16. The van der Waals surface area contributed by atoms with Crippen molar-refractivity contribution in [2.45, 2.75) is 32.0 Å². The Labute approximate surface area is 112 Å². The van der Waals surface area contributed by atoms with Gasteiger partial charge < -0.3 is 5.32 Å². The summed E-state index contributed by atoms with van der Waals surface area (Å²) in [5.74, 6) is 0. The lowest BCUT2D eigenvalue weighted by atomic mass is 10.3. The van der Waals surface area contributed by atoms with Crippen LogP contribution in [0.2, 0.25) is 0 Å². The summed E-state index contributed by atoms with van der Waals surface area (Å²) >= 11 is 5.16. The molecule has 17 heavy (non-hydrogen) atoms. The van der Waals surface area contributed by atoms with Crippen molar-refractivity contribution in [3.8, 4) is 0 Å². The van der Waals surface area contributed by atoms with Gasteiger partial charge in [-0.05, 0) is 45.8 Å². The lowest BCUT2D eigenvalue weighted by Gasteiger charge is -1.97. The molecule has 0 amide bonds. The van der Waals surface area contributed by atoms with Gasteiger partial charge in [0.1, 0.15) is 0 Å². The number of halogens is 1. The molecule has 6 heteroatoms. The number of nitrogens with one attached hydrogen (secondary N) is 1. The van der Waals surface area contributed by atoms with Crippen LogP contribution in [0.4, 0.5) is 0 Å². The Morgan fingerprint density at radius 2 is 2.41 bits per heavy atom. The van der Waals surface area contributed by atoms with E-state index in [9.17, 15) is 0 Å². The van der Waals surface area contributed by atoms with E-state index >= 15 is 0 Å². The van der Waals surface area contributed by atoms with Crippen molar-refractivity contribution in [3.05, 3.63) is 32.7 Å². The standard InChI is InChI=1S/C11H13BrN4S/c12-11-3-8(7-17-11)5-16-6-10(14-15-16)4-13-9-1-2-9/h3,6-7,9,13H,1-2,4-5H2. The van der Waals surface area contributed by atoms with Gasteiger partial charge >= 0.3 is 0 Å². The molecule has 4 nitrogen and oxygen atoms in total. The first-order chi connectivity index (χ1) is 8.29. The van der Waals surface area contributed by atoms with Crippen molar-refractivity contribution >= 4 is 27.3 Å². The fourth-order valence-electron chi connectivity index (χ4n) is 1.65. The Morgan fingerprint density at radius 1 is 1.53 bits per heavy atom. The average molecular weight is 313 g/mol. The first-order valence-corrected chi connectivity index (χ1v) is 7.32. The van der Waals surface area contributed by atoms with E-state index in [1.54, 1.807) is 11.3 Å². The summed E-state index contributed by atoms with van der Waals surface area (Å²) in [6.07, 6.45) is 4.62. The van der Waals surface area contributed by atoms with Crippen molar-refractivity contribution in [3.63, 3.8) is 0 Å². The first-order valence-electron chi connectivity index (χ1n) is 5.65. The third kappa shape index (κ3) is 3.14. The third-order valence-corrected chi connectivity index (χ3v) is 4.25. The number of thiophene rings is 1. The van der Waals surface area contributed by atoms with Crippen LogP contribution >= 0.6 is 27.3 Å². The summed E-state index contributed by atoms with van der Waals surface area (Å²) in [7, 11) is 0. The summed E-state index contributed by atoms with van der Waals surface area (Å²) in [5, 5.41) is 13.9. The minimum atomic E-state index is 0.716. The van der Waals surface area contributed by atoms with Gasteiger partial charge in [0.2, 0.25) is 0 Å². The van der Waals surface area contributed by atoms with Crippen LogP contribution in [0.5, 0.6) is 0 Å². The molecular weight excluding hydrogens is 300 g/mol. The van der Waals surface area contributed by atoms with Crippen LogP contribution in [0.25, 0.3) is 0 Å². The quantitative estimate of drug-likeness (QED) is 0.922. The van der Waals surface area contributed by atoms with Crippen LogP contribution < -0.4 is 5.32 Å². The SMILES string of the molecule is Brc1cc(Cn2cc(CNC3CC3)nn2)cs1. The molecule has 1 aliphatic carbocycles. The molecule has 0 bridgehead atoms. The Kier molecular flexibility index (Phi) is 3.26. The van der Waals surface area contributed by atoms with Crippen molar-refractivity contribution in [2.24, 2.45) is 0 Å². The van der Waals surface area contributed by atoms with Crippen LogP contribution in [0.3, 0.4) is 0 Å². The highest BCUT2D eigenvalue weighted by molar-refractivity contribution is 9.11. The second-order valence-electron chi connectivity index (χ2n) is 4.32. The molecule has 0 aliphatic heterocycles. The van der Waals surface area contributed by atoms with Crippen LogP contribution in [0, 0.1) is 0 Å². The lowest BCUT2D eigenvalue weighted by molar-refractivity contribution is 0.647. The molecule has 0 aromatic carbocycles. The van der Waals surface area contributed by atoms with E-state index in [1.165, 1.54) is 18.4 Å². The predicted molar refractivity (Wildman–Crippen MR) is 71.0 cm³/mol. The summed E-state index contributed by atoms with van der Waals surface area (Å²) in [5.41, 5.74) is 2.28. The summed E-state index contributed by atoms with van der Waals surface area (Å²) in [4.78, 5) is 0. The zero-order valence-corrected chi connectivity index (χ0v) is 11.7. The number of nitrogens with zero attached hydrogens (tertiary/aromatic N) is 3. The Balaban J connectivity index is 1.59. The molecule has 0 atom stereocenters. The van der Waals surface area contributed by atoms with Gasteiger partial charge in [-0.15, -0.1) is 16.4 Å². The topological polar surface area (TPSA) is 42.7 Å². The lowest BCUT2D eigenvalue weighted by Crippen LogP contribution is -2.15. The molecule has 2 heterocycles. The maximum absolute atomic E-state index is 4.16. The fourth-order valence-corrected chi connectivity index (χ4v) is 2.85. The highest BCUT2D eigenvalue weighted by Gasteiger charge is 2.20. The zero-order valence-electron chi connectivity index (χ0n) is 9.27. The van der Waals surface area contributed by atoms with Gasteiger partial charge in [0.15, 0.2) is 0 Å². The molecule has 3 rings (SSSR count). The van der Waals surface area contributed by atoms with Crippen LogP contribution in [-0.4, -0.2) is 21.0 Å². The second kappa shape index (κ2) is 4.88. The predicted octanol–water partition coefficient (Wildman–Crippen LogP) is 2.40. The molecule has 0 saturated heterocycles. The first kappa shape index (κ1) is 11.4. The summed E-state index contributed by atoms with van der Waals surface area (Å²) in [6, 6.07) is 2.84. The number of hydrogen-bond donors (Lipinski definition) is 1. The number of rotatable bonds is 5. The van der Waals surface area contributed by atoms with E-state index in [2.05, 4.69) is 43.0 Å². The monoisotopic (exact) mass is 312 g/mol. The number of aromatic nitrogens is 3. The molecule has 1 saturated carbocycles. The van der Waals surface area contributed by atoms with E-state index in [4.69, 9.17) is 0 Å². The van der Waals surface area contributed by atoms with Crippen molar-refractivity contribution in [2.75, 3.05) is 0 Å². The molecule has 1 N–H and O–H groups in total. The summed E-state index contributed by atoms with van der Waals surface area (Å²) in [6.45, 7) is 1.62. The van der Waals surface area contributed by atoms with Crippen molar-refractivity contribution < 1.29 is 0 Å². The smallest absolute Gasteiger partial charge is 0.0965 e. The molecular formula is C11H13BrN4S. The molecule has 0 spiro atoms. The van der Waals surface area contributed by atoms with Crippen molar-refractivity contribution in [1.82, 2.24) is 20.3 Å². The van der Waals surface area contributed by atoms with E-state index in [0.29, 0.717) is 6.04 Å². The van der Waals surface area contributed by atoms with Crippen LogP contribution in [-0.2, 0) is 13.1 Å². The third-order valence-electron chi connectivity index (χ3n) is 2.70. The largest absolute Gasteiger partial charge is 0.308 e. The molecule has 2 aromatic heterocycles. The Bertz CT molecular complexity index is 503. The highest BCUT2D eigenvalue weighted by Crippen LogP contribution is 2.21. The molecule has 1 fully saturated rings. The van der Waals surface area contributed by atoms with Gasteiger partial charge in [0.05, 0.1) is 22.2 Å². The van der Waals surface area contributed by atoms with Crippen LogP contribution in [0.15, 0.2) is 21.4 Å². The van der Waals surface area contributed by atoms with Gasteiger partial charge in [-0.25, -0.2) is 4.68 Å². The maximum Gasteiger partial charge on any atom is 0.0965 e. The van der Waals surface area contributed by atoms with Crippen molar-refractivity contribution in [1.29, 1.82) is 0 Å². The van der Waals surface area contributed by atoms with E-state index in [1.807, 2.05) is 10.9 Å². The van der Waals surface area contributed by atoms with Gasteiger partial charge in [-0.2, -0.15) is 0 Å². The molecule has 1 aliphatic rings. The number of hydrogen-bond acceptors (Lipinski definition) is 4. The zero-order chi connectivity index (χ0) is 11.7. The minimum absolute atomic E-state index is 0.716. The Morgan fingerprint density at radius 3 is 3.12 bits per heavy atom. The van der Waals surface area contributed by atoms with Gasteiger partial charge in [-0.1, -0.05) is 5.21 Å².